The van der Waals surface area contributed by atoms with Crippen LogP contribution in [0.4, 0.5) is 10.8 Å². The summed E-state index contributed by atoms with van der Waals surface area (Å²) in [6.45, 7) is 2.11. The molecule has 0 bridgehead atoms. The van der Waals surface area contributed by atoms with Crippen molar-refractivity contribution in [3.05, 3.63) is 59.5 Å². The van der Waals surface area contributed by atoms with Gasteiger partial charge < -0.3 is 14.8 Å². The number of nitrogens with one attached hydrogen (secondary N) is 1. The number of benzene rings is 2. The Hall–Kier alpha value is -2.86. The maximum absolute atomic E-state index is 12.3. The summed E-state index contributed by atoms with van der Waals surface area (Å²) >= 11 is 1.26. The largest absolute Gasteiger partial charge is 0.495 e. The van der Waals surface area contributed by atoms with Gasteiger partial charge in [0.2, 0.25) is 0 Å². The SMILES string of the molecule is CCOC(=O)c1sc(Nc2ccccc2OC)nc1-c1ccccc1. The minimum Gasteiger partial charge on any atom is -0.495 e. The van der Waals surface area contributed by atoms with Crippen LogP contribution in [0.25, 0.3) is 11.3 Å². The van der Waals surface area contributed by atoms with Gasteiger partial charge in [-0.3, -0.25) is 0 Å². The second-order valence-corrected chi connectivity index (χ2v) is 6.11. The summed E-state index contributed by atoms with van der Waals surface area (Å²) in [4.78, 5) is 17.4. The summed E-state index contributed by atoms with van der Waals surface area (Å²) in [5.74, 6) is 0.337. The van der Waals surface area contributed by atoms with E-state index in [9.17, 15) is 4.79 Å². The molecule has 3 rings (SSSR count). The van der Waals surface area contributed by atoms with Crippen LogP contribution in [-0.2, 0) is 4.74 Å². The number of esters is 1. The number of thiazole rings is 1. The highest BCUT2D eigenvalue weighted by Gasteiger charge is 2.21. The normalized spacial score (nSPS) is 10.3. The first-order valence-electron chi connectivity index (χ1n) is 7.86. The Morgan fingerprint density at radius 1 is 1.12 bits per heavy atom. The predicted molar refractivity (Wildman–Crippen MR) is 99.8 cm³/mol. The highest BCUT2D eigenvalue weighted by Crippen LogP contribution is 2.35. The van der Waals surface area contributed by atoms with E-state index in [1.807, 2.05) is 54.6 Å². The third kappa shape index (κ3) is 3.80. The van der Waals surface area contributed by atoms with Gasteiger partial charge in [0.25, 0.3) is 0 Å². The third-order valence-corrected chi connectivity index (χ3v) is 4.43. The number of carbonyl (C=O) groups excluding carboxylic acids is 1. The second-order valence-electron chi connectivity index (χ2n) is 5.11. The van der Waals surface area contributed by atoms with Crippen molar-refractivity contribution >= 4 is 28.1 Å². The van der Waals surface area contributed by atoms with Crippen molar-refractivity contribution in [2.75, 3.05) is 19.0 Å². The first-order valence-corrected chi connectivity index (χ1v) is 8.68. The van der Waals surface area contributed by atoms with Crippen molar-refractivity contribution in [2.45, 2.75) is 6.92 Å². The highest BCUT2D eigenvalue weighted by atomic mass is 32.1. The van der Waals surface area contributed by atoms with Gasteiger partial charge in [-0.15, -0.1) is 0 Å². The molecule has 0 saturated heterocycles. The lowest BCUT2D eigenvalue weighted by atomic mass is 10.1. The number of anilines is 2. The van der Waals surface area contributed by atoms with E-state index in [0.717, 1.165) is 11.3 Å². The molecule has 128 valence electrons. The van der Waals surface area contributed by atoms with Gasteiger partial charge in [-0.25, -0.2) is 9.78 Å². The van der Waals surface area contributed by atoms with E-state index in [2.05, 4.69) is 10.3 Å². The molecule has 0 aliphatic rings. The quantitative estimate of drug-likeness (QED) is 0.648. The topological polar surface area (TPSA) is 60.5 Å². The van der Waals surface area contributed by atoms with Crippen molar-refractivity contribution in [3.63, 3.8) is 0 Å². The van der Waals surface area contributed by atoms with E-state index >= 15 is 0 Å². The molecule has 2 aromatic carbocycles. The maximum atomic E-state index is 12.3. The Bertz CT molecular complexity index is 862. The molecule has 1 N–H and O–H groups in total. The summed E-state index contributed by atoms with van der Waals surface area (Å²) in [5.41, 5.74) is 2.27. The molecule has 0 atom stereocenters. The monoisotopic (exact) mass is 354 g/mol. The Morgan fingerprint density at radius 3 is 2.56 bits per heavy atom. The standard InChI is InChI=1S/C19H18N2O3S/c1-3-24-18(22)17-16(13-9-5-4-6-10-13)21-19(25-17)20-14-11-7-8-12-15(14)23-2/h4-12H,3H2,1-2H3,(H,20,21). The molecule has 0 unspecified atom stereocenters. The second kappa shape index (κ2) is 7.81. The third-order valence-electron chi connectivity index (χ3n) is 3.48. The minimum atomic E-state index is -0.369. The van der Waals surface area contributed by atoms with E-state index < -0.39 is 0 Å². The molecule has 1 heterocycles. The molecule has 1 aromatic heterocycles. The molecular formula is C19H18N2O3S. The minimum absolute atomic E-state index is 0.320. The van der Waals surface area contributed by atoms with Gasteiger partial charge >= 0.3 is 5.97 Å². The highest BCUT2D eigenvalue weighted by molar-refractivity contribution is 7.18. The summed E-state index contributed by atoms with van der Waals surface area (Å²) in [6.07, 6.45) is 0. The van der Waals surface area contributed by atoms with E-state index in [1.165, 1.54) is 11.3 Å². The van der Waals surface area contributed by atoms with Crippen molar-refractivity contribution in [1.82, 2.24) is 4.98 Å². The molecule has 6 heteroatoms. The van der Waals surface area contributed by atoms with Gasteiger partial charge in [0, 0.05) is 5.56 Å². The van der Waals surface area contributed by atoms with Crippen LogP contribution in [0.15, 0.2) is 54.6 Å². The molecule has 3 aromatic rings. The molecule has 0 aliphatic carbocycles. The summed E-state index contributed by atoms with van der Waals surface area (Å²) in [5, 5.41) is 3.83. The average molecular weight is 354 g/mol. The van der Waals surface area contributed by atoms with Crippen LogP contribution < -0.4 is 10.1 Å². The van der Waals surface area contributed by atoms with Crippen molar-refractivity contribution in [2.24, 2.45) is 0 Å². The van der Waals surface area contributed by atoms with Crippen LogP contribution in [0.3, 0.4) is 0 Å². The van der Waals surface area contributed by atoms with Gasteiger partial charge in [-0.2, -0.15) is 0 Å². The zero-order valence-corrected chi connectivity index (χ0v) is 14.8. The molecule has 0 fully saturated rings. The van der Waals surface area contributed by atoms with E-state index in [1.54, 1.807) is 14.0 Å². The fourth-order valence-corrected chi connectivity index (χ4v) is 3.26. The number of methoxy groups -OCH3 is 1. The summed E-state index contributed by atoms with van der Waals surface area (Å²) in [7, 11) is 1.61. The first kappa shape index (κ1) is 17.0. The van der Waals surface area contributed by atoms with Crippen LogP contribution in [0.2, 0.25) is 0 Å². The van der Waals surface area contributed by atoms with Crippen LogP contribution in [0.5, 0.6) is 5.75 Å². The Labute approximate surface area is 150 Å². The van der Waals surface area contributed by atoms with E-state index in [0.29, 0.717) is 28.1 Å². The number of hydrogen-bond acceptors (Lipinski definition) is 6. The lowest BCUT2D eigenvalue weighted by Gasteiger charge is -2.07. The molecule has 0 spiro atoms. The van der Waals surface area contributed by atoms with Gasteiger partial charge in [0.15, 0.2) is 5.13 Å². The first-order chi connectivity index (χ1) is 12.2. The van der Waals surface area contributed by atoms with Gasteiger partial charge in [-0.05, 0) is 19.1 Å². The molecule has 5 nitrogen and oxygen atoms in total. The number of ether oxygens (including phenoxy) is 2. The number of carbonyl (C=O) groups is 1. The fraction of sp³-hybridized carbons (Fsp3) is 0.158. The van der Waals surface area contributed by atoms with Crippen molar-refractivity contribution in [3.8, 4) is 17.0 Å². The number of rotatable bonds is 6. The van der Waals surface area contributed by atoms with Gasteiger partial charge in [-0.1, -0.05) is 53.8 Å². The average Bonchev–Trinajstić information content (AvgIpc) is 3.07. The van der Waals surface area contributed by atoms with Crippen LogP contribution >= 0.6 is 11.3 Å². The van der Waals surface area contributed by atoms with Crippen LogP contribution in [-0.4, -0.2) is 24.7 Å². The molecule has 0 amide bonds. The van der Waals surface area contributed by atoms with Crippen LogP contribution in [0.1, 0.15) is 16.6 Å². The Morgan fingerprint density at radius 2 is 1.84 bits per heavy atom. The molecule has 0 aliphatic heterocycles. The predicted octanol–water partition coefficient (Wildman–Crippen LogP) is 4.74. The number of aromatic nitrogens is 1. The van der Waals surface area contributed by atoms with E-state index in [-0.39, 0.29) is 5.97 Å². The van der Waals surface area contributed by atoms with Crippen molar-refractivity contribution in [1.29, 1.82) is 0 Å². The molecule has 0 saturated carbocycles. The zero-order chi connectivity index (χ0) is 17.6. The molecule has 25 heavy (non-hydrogen) atoms. The Kier molecular flexibility index (Phi) is 5.30. The fourth-order valence-electron chi connectivity index (χ4n) is 2.36. The smallest absolute Gasteiger partial charge is 0.350 e. The lowest BCUT2D eigenvalue weighted by Crippen LogP contribution is -2.03. The maximum Gasteiger partial charge on any atom is 0.350 e. The number of hydrogen-bond donors (Lipinski definition) is 1. The lowest BCUT2D eigenvalue weighted by molar-refractivity contribution is 0.0532. The van der Waals surface area contributed by atoms with Crippen molar-refractivity contribution < 1.29 is 14.3 Å². The van der Waals surface area contributed by atoms with Gasteiger partial charge in [0.05, 0.1) is 25.1 Å². The van der Waals surface area contributed by atoms with Crippen LogP contribution in [0, 0.1) is 0 Å². The summed E-state index contributed by atoms with van der Waals surface area (Å²) < 4.78 is 10.5. The molecule has 0 radical (unpaired) electrons. The number of nitrogens with zero attached hydrogens (tertiary/aromatic N) is 1. The number of para-hydroxylation sites is 2. The van der Waals surface area contributed by atoms with Gasteiger partial charge in [0.1, 0.15) is 10.6 Å². The Balaban J connectivity index is 2.00. The zero-order valence-electron chi connectivity index (χ0n) is 14.0. The van der Waals surface area contributed by atoms with E-state index in [4.69, 9.17) is 9.47 Å². The molecular weight excluding hydrogens is 336 g/mol. The summed E-state index contributed by atoms with van der Waals surface area (Å²) in [6, 6.07) is 17.2.